The van der Waals surface area contributed by atoms with Gasteiger partial charge in [-0.05, 0) is 31.5 Å². The predicted octanol–water partition coefficient (Wildman–Crippen LogP) is 1.79. The highest BCUT2D eigenvalue weighted by Gasteiger charge is 2.05. The maximum atomic E-state index is 11.7. The highest BCUT2D eigenvalue weighted by Crippen LogP contribution is 2.15. The van der Waals surface area contributed by atoms with Gasteiger partial charge in [0.1, 0.15) is 12.1 Å². The van der Waals surface area contributed by atoms with Crippen LogP contribution in [0.5, 0.6) is 5.75 Å². The molecule has 1 heterocycles. The van der Waals surface area contributed by atoms with Crippen LogP contribution in [-0.2, 0) is 11.3 Å². The first-order valence-electron chi connectivity index (χ1n) is 6.38. The summed E-state index contributed by atoms with van der Waals surface area (Å²) in [6.45, 7) is 4.19. The number of ether oxygens (including phenoxy) is 1. The van der Waals surface area contributed by atoms with Crippen LogP contribution < -0.4 is 10.1 Å². The molecule has 5 heteroatoms. The number of nitrogens with one attached hydrogen (secondary N) is 1. The third-order valence-corrected chi connectivity index (χ3v) is 2.78. The first-order valence-corrected chi connectivity index (χ1v) is 6.38. The Kier molecular flexibility index (Phi) is 4.65. The molecule has 1 aromatic heterocycles. The van der Waals surface area contributed by atoms with Crippen LogP contribution in [0.1, 0.15) is 17.0 Å². The normalized spacial score (nSPS) is 10.1. The number of aromatic nitrogens is 2. The van der Waals surface area contributed by atoms with Crippen LogP contribution in [0, 0.1) is 13.8 Å². The van der Waals surface area contributed by atoms with E-state index in [1.54, 1.807) is 0 Å². The lowest BCUT2D eigenvalue weighted by atomic mass is 10.2. The molecule has 20 heavy (non-hydrogen) atoms. The fraction of sp³-hybridized carbons (Fsp3) is 0.267. The molecule has 0 spiro atoms. The van der Waals surface area contributed by atoms with Crippen molar-refractivity contribution in [2.75, 3.05) is 6.61 Å². The molecule has 0 fully saturated rings. The van der Waals surface area contributed by atoms with Gasteiger partial charge < -0.3 is 10.1 Å². The van der Waals surface area contributed by atoms with Crippen molar-refractivity contribution in [2.45, 2.75) is 20.4 Å². The van der Waals surface area contributed by atoms with E-state index in [4.69, 9.17) is 4.74 Å². The van der Waals surface area contributed by atoms with Gasteiger partial charge in [-0.3, -0.25) is 4.79 Å². The van der Waals surface area contributed by atoms with Gasteiger partial charge in [0.25, 0.3) is 5.91 Å². The van der Waals surface area contributed by atoms with Gasteiger partial charge in [-0.1, -0.05) is 18.2 Å². The van der Waals surface area contributed by atoms with Gasteiger partial charge in [-0.2, -0.15) is 0 Å². The minimum Gasteiger partial charge on any atom is -0.484 e. The topological polar surface area (TPSA) is 64.1 Å². The van der Waals surface area contributed by atoms with E-state index in [1.165, 1.54) is 6.33 Å². The molecule has 5 nitrogen and oxygen atoms in total. The molecule has 0 saturated heterocycles. The fourth-order valence-corrected chi connectivity index (χ4v) is 1.71. The molecule has 104 valence electrons. The van der Waals surface area contributed by atoms with Crippen molar-refractivity contribution in [3.05, 3.63) is 53.6 Å². The molecule has 1 amide bonds. The van der Waals surface area contributed by atoms with E-state index < -0.39 is 0 Å². The second-order valence-corrected chi connectivity index (χ2v) is 4.48. The number of aryl methyl sites for hydroxylation is 2. The number of hydrogen-bond acceptors (Lipinski definition) is 4. The zero-order chi connectivity index (χ0) is 14.4. The van der Waals surface area contributed by atoms with Crippen molar-refractivity contribution < 1.29 is 9.53 Å². The lowest BCUT2D eigenvalue weighted by Crippen LogP contribution is -2.28. The van der Waals surface area contributed by atoms with E-state index in [2.05, 4.69) is 15.3 Å². The van der Waals surface area contributed by atoms with Crippen molar-refractivity contribution in [1.82, 2.24) is 15.3 Å². The lowest BCUT2D eigenvalue weighted by Gasteiger charge is -2.09. The van der Waals surface area contributed by atoms with Gasteiger partial charge in [0.05, 0.1) is 12.2 Å². The Hall–Kier alpha value is -2.43. The molecule has 0 bridgehead atoms. The number of carbonyl (C=O) groups is 1. The molecular weight excluding hydrogens is 254 g/mol. The average molecular weight is 271 g/mol. The molecule has 0 saturated carbocycles. The molecule has 0 aliphatic carbocycles. The van der Waals surface area contributed by atoms with E-state index in [0.29, 0.717) is 6.54 Å². The van der Waals surface area contributed by atoms with Crippen LogP contribution in [0.4, 0.5) is 0 Å². The summed E-state index contributed by atoms with van der Waals surface area (Å²) in [6.07, 6.45) is 1.49. The molecule has 0 unspecified atom stereocenters. The molecule has 2 aromatic rings. The van der Waals surface area contributed by atoms with Crippen molar-refractivity contribution >= 4 is 5.91 Å². The standard InChI is InChI=1S/C15H17N3O2/c1-11-5-3-4-6-14(11)20-9-15(19)16-8-13-7-12(2)17-10-18-13/h3-7,10H,8-9H2,1-2H3,(H,16,19). The van der Waals surface area contributed by atoms with Crippen molar-refractivity contribution in [1.29, 1.82) is 0 Å². The van der Waals surface area contributed by atoms with Crippen LogP contribution in [-0.4, -0.2) is 22.5 Å². The minimum absolute atomic E-state index is 0.00504. The molecule has 0 aliphatic rings. The quantitative estimate of drug-likeness (QED) is 0.900. The van der Waals surface area contributed by atoms with E-state index in [0.717, 1.165) is 22.7 Å². The third-order valence-electron chi connectivity index (χ3n) is 2.78. The monoisotopic (exact) mass is 271 g/mol. The van der Waals surface area contributed by atoms with Crippen molar-refractivity contribution in [3.63, 3.8) is 0 Å². The molecule has 0 atom stereocenters. The Morgan fingerprint density at radius 1 is 1.25 bits per heavy atom. The number of benzene rings is 1. The average Bonchev–Trinajstić information content (AvgIpc) is 2.44. The van der Waals surface area contributed by atoms with Gasteiger partial charge in [0.15, 0.2) is 6.61 Å². The zero-order valence-electron chi connectivity index (χ0n) is 11.6. The highest BCUT2D eigenvalue weighted by atomic mass is 16.5. The molecule has 2 rings (SSSR count). The second kappa shape index (κ2) is 6.65. The molecule has 1 aromatic carbocycles. The SMILES string of the molecule is Cc1cc(CNC(=O)COc2ccccc2C)ncn1. The number of rotatable bonds is 5. The number of para-hydroxylation sites is 1. The summed E-state index contributed by atoms with van der Waals surface area (Å²) in [5.41, 5.74) is 2.66. The second-order valence-electron chi connectivity index (χ2n) is 4.48. The van der Waals surface area contributed by atoms with Gasteiger partial charge in [-0.15, -0.1) is 0 Å². The number of nitrogens with zero attached hydrogens (tertiary/aromatic N) is 2. The lowest BCUT2D eigenvalue weighted by molar-refractivity contribution is -0.123. The van der Waals surface area contributed by atoms with Gasteiger partial charge in [0, 0.05) is 5.69 Å². The summed E-state index contributed by atoms with van der Waals surface area (Å²) < 4.78 is 5.47. The smallest absolute Gasteiger partial charge is 0.258 e. The zero-order valence-corrected chi connectivity index (χ0v) is 11.6. The Morgan fingerprint density at radius 3 is 2.80 bits per heavy atom. The first kappa shape index (κ1) is 14.0. The molecule has 0 radical (unpaired) electrons. The summed E-state index contributed by atoms with van der Waals surface area (Å²) in [5.74, 6) is 0.546. The van der Waals surface area contributed by atoms with E-state index in [9.17, 15) is 4.79 Å². The molecule has 1 N–H and O–H groups in total. The Morgan fingerprint density at radius 2 is 2.05 bits per heavy atom. The summed E-state index contributed by atoms with van der Waals surface area (Å²) >= 11 is 0. The summed E-state index contributed by atoms with van der Waals surface area (Å²) in [7, 11) is 0. The number of carbonyl (C=O) groups excluding carboxylic acids is 1. The maximum absolute atomic E-state index is 11.7. The summed E-state index contributed by atoms with van der Waals surface area (Å²) in [4.78, 5) is 19.8. The third kappa shape index (κ3) is 4.05. The maximum Gasteiger partial charge on any atom is 0.258 e. The first-order chi connectivity index (χ1) is 9.65. The van der Waals surface area contributed by atoms with Gasteiger partial charge in [0.2, 0.25) is 0 Å². The van der Waals surface area contributed by atoms with Gasteiger partial charge >= 0.3 is 0 Å². The largest absolute Gasteiger partial charge is 0.484 e. The van der Waals surface area contributed by atoms with E-state index in [-0.39, 0.29) is 12.5 Å². The van der Waals surface area contributed by atoms with Crippen LogP contribution in [0.3, 0.4) is 0 Å². The molecule has 0 aliphatic heterocycles. The van der Waals surface area contributed by atoms with Crippen molar-refractivity contribution in [3.8, 4) is 5.75 Å². The minimum atomic E-state index is -0.176. The summed E-state index contributed by atoms with van der Waals surface area (Å²) in [5, 5.41) is 2.76. The number of hydrogen-bond donors (Lipinski definition) is 1. The van der Waals surface area contributed by atoms with Crippen LogP contribution in [0.15, 0.2) is 36.7 Å². The fourth-order valence-electron chi connectivity index (χ4n) is 1.71. The number of amides is 1. The molecular formula is C15H17N3O2. The van der Waals surface area contributed by atoms with E-state index >= 15 is 0 Å². The Labute approximate surface area is 118 Å². The predicted molar refractivity (Wildman–Crippen MR) is 75.3 cm³/mol. The van der Waals surface area contributed by atoms with E-state index in [1.807, 2.05) is 44.2 Å². The van der Waals surface area contributed by atoms with Crippen LogP contribution in [0.2, 0.25) is 0 Å². The van der Waals surface area contributed by atoms with Crippen LogP contribution >= 0.6 is 0 Å². The Bertz CT molecular complexity index is 599. The Balaban J connectivity index is 1.80. The van der Waals surface area contributed by atoms with Gasteiger partial charge in [-0.25, -0.2) is 9.97 Å². The van der Waals surface area contributed by atoms with Crippen molar-refractivity contribution in [2.24, 2.45) is 0 Å². The highest BCUT2D eigenvalue weighted by molar-refractivity contribution is 5.77. The summed E-state index contributed by atoms with van der Waals surface area (Å²) in [6, 6.07) is 9.43. The van der Waals surface area contributed by atoms with Crippen LogP contribution in [0.25, 0.3) is 0 Å².